The smallest absolute Gasteiger partial charge is 0.216 e. The Hall–Kier alpha value is 0.650. The molecule has 0 aliphatic heterocycles. The first-order valence-corrected chi connectivity index (χ1v) is 6.28. The molecule has 0 heterocycles. The van der Waals surface area contributed by atoms with Gasteiger partial charge in [0.2, 0.25) is 3.79 Å². The molecule has 0 saturated carbocycles. The topological polar surface area (TPSA) is 40.5 Å². The van der Waals surface area contributed by atoms with Gasteiger partial charge in [-0.2, -0.15) is 0 Å². The molecule has 80 valence electrons. The highest BCUT2D eigenvalue weighted by atomic mass is 127. The maximum atomic E-state index is 9.00. The van der Waals surface area contributed by atoms with Gasteiger partial charge in [0.05, 0.1) is 0 Å². The maximum absolute atomic E-state index is 9.00. The summed E-state index contributed by atoms with van der Waals surface area (Å²) in [7, 11) is 0. The van der Waals surface area contributed by atoms with E-state index in [1.807, 2.05) is 0 Å². The monoisotopic (exact) mass is 300 g/mol. The SMILES string of the molecule is CCCCCCCCCC(O)(O)I. The first-order valence-electron chi connectivity index (χ1n) is 5.20. The predicted molar refractivity (Wildman–Crippen MR) is 63.8 cm³/mol. The molecule has 0 spiro atoms. The van der Waals surface area contributed by atoms with E-state index < -0.39 is 3.79 Å². The molecule has 2 N–H and O–H groups in total. The van der Waals surface area contributed by atoms with Crippen molar-refractivity contribution in [3.8, 4) is 0 Å². The van der Waals surface area contributed by atoms with Gasteiger partial charge in [-0.1, -0.05) is 45.4 Å². The summed E-state index contributed by atoms with van der Waals surface area (Å²) in [6.07, 6.45) is 8.98. The fourth-order valence-electron chi connectivity index (χ4n) is 1.31. The van der Waals surface area contributed by atoms with Crippen molar-refractivity contribution in [2.75, 3.05) is 0 Å². The molecule has 0 bridgehead atoms. The molecule has 0 aromatic rings. The van der Waals surface area contributed by atoms with Gasteiger partial charge in [0.25, 0.3) is 0 Å². The summed E-state index contributed by atoms with van der Waals surface area (Å²) in [5.41, 5.74) is 0. The third-order valence-electron chi connectivity index (χ3n) is 2.10. The number of hydrogen-bond donors (Lipinski definition) is 2. The summed E-state index contributed by atoms with van der Waals surface area (Å²) in [6, 6.07) is 0. The lowest BCUT2D eigenvalue weighted by molar-refractivity contribution is -0.0648. The molecule has 0 aliphatic rings. The maximum Gasteiger partial charge on any atom is 0.216 e. The molecule has 0 unspecified atom stereocenters. The lowest BCUT2D eigenvalue weighted by Gasteiger charge is -2.12. The van der Waals surface area contributed by atoms with Crippen LogP contribution in [-0.2, 0) is 0 Å². The van der Waals surface area contributed by atoms with Crippen molar-refractivity contribution < 1.29 is 10.2 Å². The third-order valence-corrected chi connectivity index (χ3v) is 2.64. The first-order chi connectivity index (χ1) is 6.06. The molecule has 0 aromatic heterocycles. The lowest BCUT2D eigenvalue weighted by Crippen LogP contribution is -2.17. The van der Waals surface area contributed by atoms with E-state index in [1.165, 1.54) is 32.1 Å². The zero-order valence-corrected chi connectivity index (χ0v) is 10.6. The van der Waals surface area contributed by atoms with Crippen LogP contribution in [-0.4, -0.2) is 14.0 Å². The number of rotatable bonds is 8. The van der Waals surface area contributed by atoms with Gasteiger partial charge in [-0.05, 0) is 29.0 Å². The average Bonchev–Trinajstić information content (AvgIpc) is 2.01. The summed E-state index contributed by atoms with van der Waals surface area (Å²) in [5, 5.41) is 18.0. The molecular weight excluding hydrogens is 279 g/mol. The second-order valence-electron chi connectivity index (χ2n) is 3.59. The van der Waals surface area contributed by atoms with Crippen molar-refractivity contribution in [3.63, 3.8) is 0 Å². The Bertz CT molecular complexity index is 110. The Morgan fingerprint density at radius 2 is 1.38 bits per heavy atom. The van der Waals surface area contributed by atoms with E-state index in [9.17, 15) is 0 Å². The van der Waals surface area contributed by atoms with Crippen LogP contribution in [0.5, 0.6) is 0 Å². The molecule has 2 nitrogen and oxygen atoms in total. The fourth-order valence-corrected chi connectivity index (χ4v) is 1.69. The fraction of sp³-hybridized carbons (Fsp3) is 1.00. The van der Waals surface area contributed by atoms with Crippen LogP contribution >= 0.6 is 22.6 Å². The summed E-state index contributed by atoms with van der Waals surface area (Å²) < 4.78 is -1.48. The van der Waals surface area contributed by atoms with Gasteiger partial charge in [-0.25, -0.2) is 0 Å². The quantitative estimate of drug-likeness (QED) is 0.313. The Morgan fingerprint density at radius 1 is 0.923 bits per heavy atom. The molecule has 0 rings (SSSR count). The van der Waals surface area contributed by atoms with E-state index in [1.54, 1.807) is 22.6 Å². The van der Waals surface area contributed by atoms with E-state index in [4.69, 9.17) is 10.2 Å². The van der Waals surface area contributed by atoms with Crippen LogP contribution in [0.25, 0.3) is 0 Å². The Kier molecular flexibility index (Phi) is 8.40. The minimum atomic E-state index is -1.48. The van der Waals surface area contributed by atoms with Crippen molar-refractivity contribution >= 4 is 22.6 Å². The second-order valence-corrected chi connectivity index (χ2v) is 5.32. The zero-order valence-electron chi connectivity index (χ0n) is 8.43. The van der Waals surface area contributed by atoms with Crippen molar-refractivity contribution in [2.24, 2.45) is 0 Å². The van der Waals surface area contributed by atoms with Gasteiger partial charge < -0.3 is 10.2 Å². The standard InChI is InChI=1S/C10H21IO2/c1-2-3-4-5-6-7-8-9-10(11,12)13/h12-13H,2-9H2,1H3. The number of unbranched alkanes of at least 4 members (excludes halogenated alkanes) is 6. The molecule has 0 saturated heterocycles. The summed E-state index contributed by atoms with van der Waals surface area (Å²) in [4.78, 5) is 0. The van der Waals surface area contributed by atoms with E-state index in [2.05, 4.69) is 6.92 Å². The third kappa shape index (κ3) is 12.6. The summed E-state index contributed by atoms with van der Waals surface area (Å²) in [5.74, 6) is 0. The second kappa shape index (κ2) is 8.00. The molecule has 0 fully saturated rings. The molecular formula is C10H21IO2. The molecule has 0 radical (unpaired) electrons. The highest BCUT2D eigenvalue weighted by molar-refractivity contribution is 14.1. The number of alkyl halides is 1. The first kappa shape index (κ1) is 13.7. The summed E-state index contributed by atoms with van der Waals surface area (Å²) >= 11 is 1.66. The largest absolute Gasteiger partial charge is 0.358 e. The van der Waals surface area contributed by atoms with Crippen molar-refractivity contribution in [1.82, 2.24) is 0 Å². The van der Waals surface area contributed by atoms with Crippen molar-refractivity contribution in [2.45, 2.75) is 62.1 Å². The van der Waals surface area contributed by atoms with Crippen LogP contribution in [0.1, 0.15) is 58.3 Å². The van der Waals surface area contributed by atoms with Crippen LogP contribution in [0.3, 0.4) is 0 Å². The van der Waals surface area contributed by atoms with Crippen LogP contribution < -0.4 is 0 Å². The van der Waals surface area contributed by atoms with E-state index >= 15 is 0 Å². The highest BCUT2D eigenvalue weighted by Gasteiger charge is 2.15. The number of aliphatic hydroxyl groups is 2. The molecule has 13 heavy (non-hydrogen) atoms. The highest BCUT2D eigenvalue weighted by Crippen LogP contribution is 2.19. The van der Waals surface area contributed by atoms with Gasteiger partial charge in [0, 0.05) is 6.42 Å². The van der Waals surface area contributed by atoms with E-state index in [0.29, 0.717) is 6.42 Å². The minimum absolute atomic E-state index is 0.487. The van der Waals surface area contributed by atoms with Gasteiger partial charge in [0.15, 0.2) is 0 Å². The molecule has 0 aliphatic carbocycles. The number of halogens is 1. The normalized spacial score (nSPS) is 12.0. The van der Waals surface area contributed by atoms with E-state index in [0.717, 1.165) is 12.8 Å². The van der Waals surface area contributed by atoms with Crippen molar-refractivity contribution in [1.29, 1.82) is 0 Å². The van der Waals surface area contributed by atoms with Crippen LogP contribution in [0.4, 0.5) is 0 Å². The van der Waals surface area contributed by atoms with E-state index in [-0.39, 0.29) is 0 Å². The number of hydrogen-bond acceptors (Lipinski definition) is 2. The van der Waals surface area contributed by atoms with Gasteiger partial charge in [0.1, 0.15) is 0 Å². The average molecular weight is 300 g/mol. The van der Waals surface area contributed by atoms with Crippen LogP contribution in [0.15, 0.2) is 0 Å². The summed E-state index contributed by atoms with van der Waals surface area (Å²) in [6.45, 7) is 2.21. The molecule has 0 aromatic carbocycles. The van der Waals surface area contributed by atoms with Gasteiger partial charge in [-0.3, -0.25) is 0 Å². The Balaban J connectivity index is 3.00. The van der Waals surface area contributed by atoms with Gasteiger partial charge in [-0.15, -0.1) is 0 Å². The predicted octanol–water partition coefficient (Wildman–Crippen LogP) is 3.20. The minimum Gasteiger partial charge on any atom is -0.358 e. The van der Waals surface area contributed by atoms with Crippen LogP contribution in [0.2, 0.25) is 0 Å². The van der Waals surface area contributed by atoms with Crippen molar-refractivity contribution in [3.05, 3.63) is 0 Å². The molecule has 3 heteroatoms. The molecule has 0 amide bonds. The van der Waals surface area contributed by atoms with Gasteiger partial charge >= 0.3 is 0 Å². The lowest BCUT2D eigenvalue weighted by atomic mass is 10.1. The zero-order chi connectivity index (χ0) is 10.2. The Labute approximate surface area is 94.9 Å². The van der Waals surface area contributed by atoms with Crippen LogP contribution in [0, 0.1) is 0 Å². The Morgan fingerprint density at radius 3 is 1.85 bits per heavy atom. The molecule has 0 atom stereocenters.